The van der Waals surface area contributed by atoms with Crippen LogP contribution in [-0.4, -0.2) is 30.0 Å². The lowest BCUT2D eigenvalue weighted by Crippen LogP contribution is -2.32. The Labute approximate surface area is 118 Å². The Kier molecular flexibility index (Phi) is 5.95. The fraction of sp³-hybridized carbons (Fsp3) is 0.688. The number of aryl methyl sites for hydroxylation is 1. The number of nitrogens with two attached hydrogens (primary N) is 1. The van der Waals surface area contributed by atoms with Crippen molar-refractivity contribution >= 4 is 0 Å². The third-order valence-electron chi connectivity index (χ3n) is 3.18. The van der Waals surface area contributed by atoms with Crippen LogP contribution >= 0.6 is 0 Å². The van der Waals surface area contributed by atoms with Crippen LogP contribution in [0.15, 0.2) is 18.2 Å². The van der Waals surface area contributed by atoms with E-state index < -0.39 is 0 Å². The summed E-state index contributed by atoms with van der Waals surface area (Å²) in [5, 5.41) is 0. The third-order valence-corrected chi connectivity index (χ3v) is 3.18. The van der Waals surface area contributed by atoms with Gasteiger partial charge in [-0.3, -0.25) is 4.98 Å². The number of hydrogen-bond acceptors (Lipinski definition) is 3. The Morgan fingerprint density at radius 1 is 1.32 bits per heavy atom. The summed E-state index contributed by atoms with van der Waals surface area (Å²) in [6, 6.07) is 6.19. The second kappa shape index (κ2) is 7.01. The van der Waals surface area contributed by atoms with Gasteiger partial charge in [-0.2, -0.15) is 0 Å². The van der Waals surface area contributed by atoms with Crippen LogP contribution < -0.4 is 5.73 Å². The average molecular weight is 263 g/mol. The predicted molar refractivity (Wildman–Crippen MR) is 81.9 cm³/mol. The predicted octanol–water partition coefficient (Wildman–Crippen LogP) is 2.83. The third kappa shape index (κ3) is 6.69. The second-order valence-corrected chi connectivity index (χ2v) is 6.83. The molecule has 1 heterocycles. The number of hydrogen-bond donors (Lipinski definition) is 1. The Morgan fingerprint density at radius 3 is 2.53 bits per heavy atom. The summed E-state index contributed by atoms with van der Waals surface area (Å²) in [5.41, 5.74) is 8.46. The summed E-state index contributed by atoms with van der Waals surface area (Å²) >= 11 is 0. The highest BCUT2D eigenvalue weighted by atomic mass is 15.1. The maximum absolute atomic E-state index is 5.90. The minimum absolute atomic E-state index is 0.340. The zero-order valence-corrected chi connectivity index (χ0v) is 13.1. The maximum Gasteiger partial charge on any atom is 0.0547 e. The summed E-state index contributed by atoms with van der Waals surface area (Å²) in [6.45, 7) is 11.5. The van der Waals surface area contributed by atoms with E-state index in [-0.39, 0.29) is 0 Å². The molecule has 0 radical (unpaired) electrons. The van der Waals surface area contributed by atoms with E-state index in [0.29, 0.717) is 11.3 Å². The highest BCUT2D eigenvalue weighted by molar-refractivity contribution is 5.09. The van der Waals surface area contributed by atoms with E-state index in [1.54, 1.807) is 0 Å². The standard InChI is InChI=1S/C16H29N3/c1-13-7-6-8-15(18-13)12-19(5)11-14(10-17)9-16(2,3)4/h6-8,14H,9-12,17H2,1-5H3. The maximum atomic E-state index is 5.90. The van der Waals surface area contributed by atoms with E-state index in [1.165, 1.54) is 0 Å². The van der Waals surface area contributed by atoms with Crippen molar-refractivity contribution in [2.45, 2.75) is 40.7 Å². The van der Waals surface area contributed by atoms with E-state index in [2.05, 4.69) is 49.8 Å². The van der Waals surface area contributed by atoms with Crippen molar-refractivity contribution in [1.82, 2.24) is 9.88 Å². The van der Waals surface area contributed by atoms with Crippen molar-refractivity contribution in [1.29, 1.82) is 0 Å². The first-order valence-corrected chi connectivity index (χ1v) is 7.11. The van der Waals surface area contributed by atoms with Crippen molar-refractivity contribution < 1.29 is 0 Å². The van der Waals surface area contributed by atoms with Crippen LogP contribution in [0, 0.1) is 18.3 Å². The van der Waals surface area contributed by atoms with E-state index in [4.69, 9.17) is 5.73 Å². The van der Waals surface area contributed by atoms with Crippen molar-refractivity contribution in [2.24, 2.45) is 17.1 Å². The topological polar surface area (TPSA) is 42.1 Å². The molecule has 0 aliphatic carbocycles. The Bertz CT molecular complexity index is 382. The molecule has 0 amide bonds. The summed E-state index contributed by atoms with van der Waals surface area (Å²) in [4.78, 5) is 6.87. The molecule has 1 aromatic heterocycles. The van der Waals surface area contributed by atoms with Crippen LogP contribution in [0.5, 0.6) is 0 Å². The summed E-state index contributed by atoms with van der Waals surface area (Å²) in [6.07, 6.45) is 1.16. The Hall–Kier alpha value is -0.930. The lowest BCUT2D eigenvalue weighted by atomic mass is 9.84. The van der Waals surface area contributed by atoms with E-state index in [0.717, 1.165) is 37.4 Å². The van der Waals surface area contributed by atoms with Crippen molar-refractivity contribution in [2.75, 3.05) is 20.1 Å². The van der Waals surface area contributed by atoms with Crippen LogP contribution in [0.1, 0.15) is 38.6 Å². The van der Waals surface area contributed by atoms with Gasteiger partial charge in [-0.05, 0) is 50.4 Å². The van der Waals surface area contributed by atoms with Crippen LogP contribution in [0.25, 0.3) is 0 Å². The van der Waals surface area contributed by atoms with Gasteiger partial charge >= 0.3 is 0 Å². The van der Waals surface area contributed by atoms with Crippen LogP contribution in [0.3, 0.4) is 0 Å². The molecule has 0 bridgehead atoms. The first-order valence-electron chi connectivity index (χ1n) is 7.11. The van der Waals surface area contributed by atoms with Crippen molar-refractivity contribution in [3.05, 3.63) is 29.6 Å². The molecule has 3 nitrogen and oxygen atoms in total. The molecule has 1 unspecified atom stereocenters. The summed E-state index contributed by atoms with van der Waals surface area (Å²) < 4.78 is 0. The molecular weight excluding hydrogens is 234 g/mol. The molecule has 0 aliphatic heterocycles. The van der Waals surface area contributed by atoms with Gasteiger partial charge in [-0.15, -0.1) is 0 Å². The highest BCUT2D eigenvalue weighted by Gasteiger charge is 2.19. The van der Waals surface area contributed by atoms with Gasteiger partial charge in [0, 0.05) is 18.8 Å². The molecule has 19 heavy (non-hydrogen) atoms. The molecule has 0 aromatic carbocycles. The Morgan fingerprint density at radius 2 is 2.00 bits per heavy atom. The summed E-state index contributed by atoms with van der Waals surface area (Å²) in [5.74, 6) is 0.551. The van der Waals surface area contributed by atoms with Gasteiger partial charge in [0.25, 0.3) is 0 Å². The second-order valence-electron chi connectivity index (χ2n) is 6.83. The number of aromatic nitrogens is 1. The van der Waals surface area contributed by atoms with E-state index in [9.17, 15) is 0 Å². The molecule has 108 valence electrons. The Balaban J connectivity index is 2.51. The van der Waals surface area contributed by atoms with Crippen molar-refractivity contribution in [3.63, 3.8) is 0 Å². The van der Waals surface area contributed by atoms with Gasteiger partial charge in [0.05, 0.1) is 5.69 Å². The number of rotatable bonds is 6. The largest absolute Gasteiger partial charge is 0.330 e. The smallest absolute Gasteiger partial charge is 0.0547 e. The molecule has 0 saturated carbocycles. The molecule has 0 fully saturated rings. The minimum atomic E-state index is 0.340. The van der Waals surface area contributed by atoms with Gasteiger partial charge in [-0.1, -0.05) is 26.8 Å². The zero-order chi connectivity index (χ0) is 14.5. The monoisotopic (exact) mass is 263 g/mol. The number of pyridine rings is 1. The molecule has 1 rings (SSSR count). The van der Waals surface area contributed by atoms with Crippen LogP contribution in [0.2, 0.25) is 0 Å². The molecule has 1 atom stereocenters. The lowest BCUT2D eigenvalue weighted by molar-refractivity contribution is 0.215. The lowest BCUT2D eigenvalue weighted by Gasteiger charge is -2.28. The first kappa shape index (κ1) is 16.1. The van der Waals surface area contributed by atoms with Gasteiger partial charge in [0.2, 0.25) is 0 Å². The van der Waals surface area contributed by atoms with Crippen molar-refractivity contribution in [3.8, 4) is 0 Å². The van der Waals surface area contributed by atoms with E-state index >= 15 is 0 Å². The highest BCUT2D eigenvalue weighted by Crippen LogP contribution is 2.24. The SMILES string of the molecule is Cc1cccc(CN(C)CC(CN)CC(C)(C)C)n1. The van der Waals surface area contributed by atoms with Gasteiger partial charge in [0.15, 0.2) is 0 Å². The molecule has 2 N–H and O–H groups in total. The van der Waals surface area contributed by atoms with Gasteiger partial charge in [0.1, 0.15) is 0 Å². The summed E-state index contributed by atoms with van der Waals surface area (Å²) in [7, 11) is 2.15. The first-order chi connectivity index (χ1) is 8.80. The van der Waals surface area contributed by atoms with Crippen LogP contribution in [-0.2, 0) is 6.54 Å². The quantitative estimate of drug-likeness (QED) is 0.858. The van der Waals surface area contributed by atoms with E-state index in [1.807, 2.05) is 13.0 Å². The van der Waals surface area contributed by atoms with Gasteiger partial charge < -0.3 is 10.6 Å². The molecule has 0 aliphatic rings. The average Bonchev–Trinajstić information content (AvgIpc) is 2.26. The normalized spacial score (nSPS) is 13.8. The molecular formula is C16H29N3. The molecule has 0 saturated heterocycles. The minimum Gasteiger partial charge on any atom is -0.330 e. The molecule has 1 aromatic rings. The van der Waals surface area contributed by atoms with Crippen LogP contribution in [0.4, 0.5) is 0 Å². The molecule has 3 heteroatoms. The van der Waals surface area contributed by atoms with Gasteiger partial charge in [-0.25, -0.2) is 0 Å². The fourth-order valence-corrected chi connectivity index (χ4v) is 2.56. The zero-order valence-electron chi connectivity index (χ0n) is 13.1. The fourth-order valence-electron chi connectivity index (χ4n) is 2.56. The molecule has 0 spiro atoms. The number of nitrogens with zero attached hydrogens (tertiary/aromatic N) is 2.